The van der Waals surface area contributed by atoms with Gasteiger partial charge in [-0.05, 0) is 55.4 Å². The molecule has 0 amide bonds. The number of benzene rings is 2. The van der Waals surface area contributed by atoms with Crippen LogP contribution in [0.25, 0.3) is 10.9 Å². The fourth-order valence-corrected chi connectivity index (χ4v) is 4.54. The van der Waals surface area contributed by atoms with Gasteiger partial charge >= 0.3 is 0 Å². The van der Waals surface area contributed by atoms with Crippen LogP contribution in [0, 0.1) is 15.9 Å². The molecule has 0 radical (unpaired) electrons. The Labute approximate surface area is 183 Å². The smallest absolute Gasteiger partial charge is 0.297 e. The third kappa shape index (κ3) is 4.75. The summed E-state index contributed by atoms with van der Waals surface area (Å²) in [7, 11) is 0. The van der Waals surface area contributed by atoms with Crippen LogP contribution >= 0.6 is 11.6 Å². The summed E-state index contributed by atoms with van der Waals surface area (Å²) in [6.45, 7) is 0.913. The van der Waals surface area contributed by atoms with E-state index in [1.807, 2.05) is 6.20 Å². The molecule has 3 aromatic rings. The van der Waals surface area contributed by atoms with E-state index in [0.717, 1.165) is 36.6 Å². The fourth-order valence-electron chi connectivity index (χ4n) is 4.33. The summed E-state index contributed by atoms with van der Waals surface area (Å²) >= 11 is 5.92. The summed E-state index contributed by atoms with van der Waals surface area (Å²) in [5.41, 5.74) is 7.69. The molecule has 1 heterocycles. The van der Waals surface area contributed by atoms with Gasteiger partial charge in [0.1, 0.15) is 12.4 Å². The van der Waals surface area contributed by atoms with Crippen LogP contribution in [0.2, 0.25) is 5.02 Å². The Hall–Kier alpha value is -2.84. The minimum Gasteiger partial charge on any atom is -0.490 e. The normalized spacial score (nSPS) is 18.9. The van der Waals surface area contributed by atoms with Crippen LogP contribution in [0.4, 0.5) is 15.8 Å². The number of nitrogen functional groups attached to an aromatic ring is 1. The lowest BCUT2D eigenvalue weighted by molar-refractivity contribution is -0.383. The standard InChI is InChI=1S/C22H24ClFN4O3/c23-14-9-20(28(29)30)22(25)21(10-14)31-8-7-26-16-4-1-13(2-5-16)18-12-27-19-6-3-15(24)11-17(18)19/h3,6,9-13,16,26-27H,1-2,4-5,7-8,25H2. The zero-order chi connectivity index (χ0) is 22.0. The molecule has 7 nitrogen and oxygen atoms in total. The minimum atomic E-state index is -0.577. The van der Waals surface area contributed by atoms with Gasteiger partial charge in [-0.3, -0.25) is 10.1 Å². The van der Waals surface area contributed by atoms with Crippen LogP contribution in [-0.2, 0) is 0 Å². The average Bonchev–Trinajstić information content (AvgIpc) is 3.16. The summed E-state index contributed by atoms with van der Waals surface area (Å²) in [4.78, 5) is 13.7. The van der Waals surface area contributed by atoms with Crippen molar-refractivity contribution < 1.29 is 14.1 Å². The van der Waals surface area contributed by atoms with Gasteiger partial charge < -0.3 is 20.8 Å². The number of nitrogens with one attached hydrogen (secondary N) is 2. The van der Waals surface area contributed by atoms with E-state index in [1.165, 1.54) is 23.8 Å². The van der Waals surface area contributed by atoms with Crippen LogP contribution in [0.5, 0.6) is 5.75 Å². The van der Waals surface area contributed by atoms with Gasteiger partial charge in [-0.1, -0.05) is 11.6 Å². The van der Waals surface area contributed by atoms with Gasteiger partial charge in [0.05, 0.1) is 9.95 Å². The Morgan fingerprint density at radius 1 is 1.26 bits per heavy atom. The molecule has 1 aliphatic rings. The molecule has 31 heavy (non-hydrogen) atoms. The molecule has 1 aliphatic carbocycles. The van der Waals surface area contributed by atoms with Crippen molar-refractivity contribution in [1.29, 1.82) is 0 Å². The Balaban J connectivity index is 1.27. The van der Waals surface area contributed by atoms with E-state index in [4.69, 9.17) is 22.1 Å². The zero-order valence-electron chi connectivity index (χ0n) is 16.9. The number of H-pyrrole nitrogens is 1. The largest absolute Gasteiger partial charge is 0.490 e. The molecule has 0 aliphatic heterocycles. The lowest BCUT2D eigenvalue weighted by atomic mass is 9.81. The molecule has 1 fully saturated rings. The molecule has 0 spiro atoms. The molecule has 4 rings (SSSR count). The lowest BCUT2D eigenvalue weighted by Gasteiger charge is -2.29. The Morgan fingerprint density at radius 3 is 2.77 bits per heavy atom. The number of nitrogens with two attached hydrogens (primary N) is 1. The van der Waals surface area contributed by atoms with Crippen molar-refractivity contribution in [2.45, 2.75) is 37.6 Å². The summed E-state index contributed by atoms with van der Waals surface area (Å²) in [5, 5.41) is 15.7. The van der Waals surface area contributed by atoms with Crippen molar-refractivity contribution in [2.24, 2.45) is 0 Å². The van der Waals surface area contributed by atoms with Crippen molar-refractivity contribution in [3.63, 3.8) is 0 Å². The molecule has 0 saturated heterocycles. The van der Waals surface area contributed by atoms with Crippen molar-refractivity contribution in [3.8, 4) is 5.75 Å². The zero-order valence-corrected chi connectivity index (χ0v) is 17.6. The summed E-state index contributed by atoms with van der Waals surface area (Å²) in [5.74, 6) is 0.419. The van der Waals surface area contributed by atoms with Crippen LogP contribution in [0.1, 0.15) is 37.2 Å². The Kier molecular flexibility index (Phi) is 6.29. The second kappa shape index (κ2) is 9.11. The van der Waals surface area contributed by atoms with Gasteiger partial charge in [0.25, 0.3) is 5.69 Å². The maximum absolute atomic E-state index is 13.6. The van der Waals surface area contributed by atoms with E-state index in [9.17, 15) is 14.5 Å². The molecule has 4 N–H and O–H groups in total. The Morgan fingerprint density at radius 2 is 2.03 bits per heavy atom. The van der Waals surface area contributed by atoms with E-state index in [-0.39, 0.29) is 28.0 Å². The number of fused-ring (bicyclic) bond motifs is 1. The average molecular weight is 447 g/mol. The molecule has 0 bridgehead atoms. The SMILES string of the molecule is Nc1c(OCCNC2CCC(c3c[nH]c4ccc(F)cc34)CC2)cc(Cl)cc1[N+](=O)[O-]. The van der Waals surface area contributed by atoms with Gasteiger partial charge in [-0.2, -0.15) is 0 Å². The summed E-state index contributed by atoms with van der Waals surface area (Å²) in [6.07, 6.45) is 6.07. The third-order valence-corrected chi connectivity index (χ3v) is 6.14. The number of anilines is 1. The first-order valence-electron chi connectivity index (χ1n) is 10.3. The second-order valence-corrected chi connectivity index (χ2v) is 8.32. The third-order valence-electron chi connectivity index (χ3n) is 5.92. The summed E-state index contributed by atoms with van der Waals surface area (Å²) < 4.78 is 19.3. The topological polar surface area (TPSA) is 106 Å². The van der Waals surface area contributed by atoms with Gasteiger partial charge in [0.15, 0.2) is 11.4 Å². The molecule has 9 heteroatoms. The number of aromatic amines is 1. The van der Waals surface area contributed by atoms with Crippen molar-refractivity contribution in [1.82, 2.24) is 10.3 Å². The molecule has 1 aromatic heterocycles. The number of aromatic nitrogens is 1. The minimum absolute atomic E-state index is 0.0231. The Bertz CT molecular complexity index is 1100. The van der Waals surface area contributed by atoms with Crippen molar-refractivity contribution in [2.75, 3.05) is 18.9 Å². The number of hydrogen-bond acceptors (Lipinski definition) is 5. The maximum Gasteiger partial charge on any atom is 0.297 e. The maximum atomic E-state index is 13.6. The molecular formula is C22H24ClFN4O3. The first-order valence-corrected chi connectivity index (χ1v) is 10.7. The first-order chi connectivity index (χ1) is 14.9. The molecular weight excluding hydrogens is 423 g/mol. The number of rotatable bonds is 7. The summed E-state index contributed by atoms with van der Waals surface area (Å²) in [6, 6.07) is 7.92. The van der Waals surface area contributed by atoms with Gasteiger partial charge in [-0.25, -0.2) is 4.39 Å². The predicted octanol–water partition coefficient (Wildman–Crippen LogP) is 5.15. The van der Waals surface area contributed by atoms with Gasteiger partial charge in [-0.15, -0.1) is 0 Å². The highest BCUT2D eigenvalue weighted by Crippen LogP contribution is 2.37. The van der Waals surface area contributed by atoms with Crippen LogP contribution in [0.3, 0.4) is 0 Å². The number of ether oxygens (including phenoxy) is 1. The van der Waals surface area contributed by atoms with Crippen molar-refractivity contribution >= 4 is 33.9 Å². The highest BCUT2D eigenvalue weighted by atomic mass is 35.5. The predicted molar refractivity (Wildman–Crippen MR) is 119 cm³/mol. The fraction of sp³-hybridized carbons (Fsp3) is 0.364. The number of hydrogen-bond donors (Lipinski definition) is 3. The highest BCUT2D eigenvalue weighted by Gasteiger charge is 2.24. The van der Waals surface area contributed by atoms with E-state index < -0.39 is 4.92 Å². The van der Waals surface area contributed by atoms with Gasteiger partial charge in [0.2, 0.25) is 0 Å². The van der Waals surface area contributed by atoms with E-state index in [1.54, 1.807) is 12.1 Å². The number of nitro groups is 1. The second-order valence-electron chi connectivity index (χ2n) is 7.88. The van der Waals surface area contributed by atoms with Crippen LogP contribution in [0.15, 0.2) is 36.5 Å². The molecule has 0 unspecified atom stereocenters. The van der Waals surface area contributed by atoms with Gasteiger partial charge in [0, 0.05) is 41.8 Å². The van der Waals surface area contributed by atoms with E-state index in [2.05, 4.69) is 10.3 Å². The molecule has 0 atom stereocenters. The molecule has 1 saturated carbocycles. The van der Waals surface area contributed by atoms with Crippen molar-refractivity contribution in [3.05, 3.63) is 63.0 Å². The number of halogens is 2. The number of nitrogens with zero attached hydrogens (tertiary/aromatic N) is 1. The monoisotopic (exact) mass is 446 g/mol. The highest BCUT2D eigenvalue weighted by molar-refractivity contribution is 6.31. The lowest BCUT2D eigenvalue weighted by Crippen LogP contribution is -2.35. The van der Waals surface area contributed by atoms with E-state index in [0.29, 0.717) is 25.1 Å². The number of nitro benzene ring substituents is 1. The first kappa shape index (κ1) is 21.4. The quantitative estimate of drug-likeness (QED) is 0.201. The van der Waals surface area contributed by atoms with Crippen LogP contribution < -0.4 is 15.8 Å². The molecule has 164 valence electrons. The van der Waals surface area contributed by atoms with Crippen LogP contribution in [-0.4, -0.2) is 29.1 Å². The van der Waals surface area contributed by atoms with E-state index >= 15 is 0 Å². The molecule has 2 aromatic carbocycles.